The molecule has 1 N–H and O–H groups in total. The van der Waals surface area contributed by atoms with Crippen molar-refractivity contribution in [3.8, 4) is 0 Å². The predicted molar refractivity (Wildman–Crippen MR) is 74.7 cm³/mol. The Hall–Kier alpha value is -1.96. The van der Waals surface area contributed by atoms with Gasteiger partial charge in [0.05, 0.1) is 25.1 Å². The third-order valence-corrected chi connectivity index (χ3v) is 3.92. The fourth-order valence-electron chi connectivity index (χ4n) is 1.72. The molecule has 0 aliphatic heterocycles. The van der Waals surface area contributed by atoms with Gasteiger partial charge in [0.15, 0.2) is 11.7 Å². The fraction of sp³-hybridized carbons (Fsp3) is 0.538. The first-order valence-corrected chi connectivity index (χ1v) is 7.35. The molecule has 8 heteroatoms. The van der Waals surface area contributed by atoms with Crippen molar-refractivity contribution in [3.05, 3.63) is 11.1 Å². The second-order valence-corrected chi connectivity index (χ2v) is 5.73. The average molecular weight is 312 g/mol. The quantitative estimate of drug-likeness (QED) is 0.787. The van der Waals surface area contributed by atoms with Crippen molar-refractivity contribution in [2.75, 3.05) is 19.0 Å². The number of esters is 2. The summed E-state index contributed by atoms with van der Waals surface area (Å²) in [6, 6.07) is 0. The maximum atomic E-state index is 11.6. The van der Waals surface area contributed by atoms with Crippen LogP contribution in [0.4, 0.5) is 5.13 Å². The van der Waals surface area contributed by atoms with Gasteiger partial charge in [-0.15, -0.1) is 11.3 Å². The third-order valence-electron chi connectivity index (χ3n) is 3.11. The second-order valence-electron chi connectivity index (χ2n) is 4.87. The SMILES string of the molecule is COC(=O)Cc1csc(NC(=O)COC(=O)[C@H]2C[C@H]2C)n1. The summed E-state index contributed by atoms with van der Waals surface area (Å²) < 4.78 is 9.44. The summed E-state index contributed by atoms with van der Waals surface area (Å²) in [5.41, 5.74) is 0.519. The molecule has 2 rings (SSSR count). The van der Waals surface area contributed by atoms with Crippen LogP contribution >= 0.6 is 11.3 Å². The van der Waals surface area contributed by atoms with Crippen molar-refractivity contribution in [1.82, 2.24) is 4.98 Å². The number of nitrogens with zero attached hydrogens (tertiary/aromatic N) is 1. The maximum absolute atomic E-state index is 11.6. The number of amides is 1. The number of hydrogen-bond acceptors (Lipinski definition) is 7. The Morgan fingerprint density at radius 1 is 1.48 bits per heavy atom. The maximum Gasteiger partial charge on any atom is 0.311 e. The van der Waals surface area contributed by atoms with Crippen LogP contribution in [0.1, 0.15) is 19.0 Å². The Labute approximate surface area is 125 Å². The van der Waals surface area contributed by atoms with Crippen LogP contribution in [0.25, 0.3) is 0 Å². The Kier molecular flexibility index (Phi) is 4.89. The lowest BCUT2D eigenvalue weighted by Gasteiger charge is -2.03. The van der Waals surface area contributed by atoms with Gasteiger partial charge in [-0.1, -0.05) is 6.92 Å². The van der Waals surface area contributed by atoms with E-state index in [2.05, 4.69) is 15.0 Å². The Bertz CT molecular complexity index is 557. The first-order valence-electron chi connectivity index (χ1n) is 6.47. The Balaban J connectivity index is 1.74. The minimum absolute atomic E-state index is 0.0530. The van der Waals surface area contributed by atoms with E-state index in [0.717, 1.165) is 6.42 Å². The lowest BCUT2D eigenvalue weighted by Crippen LogP contribution is -2.21. The summed E-state index contributed by atoms with van der Waals surface area (Å²) in [7, 11) is 1.30. The van der Waals surface area contributed by atoms with E-state index >= 15 is 0 Å². The van der Waals surface area contributed by atoms with Gasteiger partial charge in [-0.25, -0.2) is 4.98 Å². The van der Waals surface area contributed by atoms with E-state index in [0.29, 0.717) is 16.7 Å². The van der Waals surface area contributed by atoms with Crippen LogP contribution in [0.2, 0.25) is 0 Å². The normalized spacial score (nSPS) is 19.7. The van der Waals surface area contributed by atoms with E-state index in [4.69, 9.17) is 4.74 Å². The molecule has 1 heterocycles. The van der Waals surface area contributed by atoms with Crippen molar-refractivity contribution in [1.29, 1.82) is 0 Å². The van der Waals surface area contributed by atoms with E-state index in [1.807, 2.05) is 6.92 Å². The van der Waals surface area contributed by atoms with Crippen LogP contribution < -0.4 is 5.32 Å². The van der Waals surface area contributed by atoms with Crippen molar-refractivity contribution in [2.24, 2.45) is 11.8 Å². The lowest BCUT2D eigenvalue weighted by atomic mass is 10.3. The zero-order valence-corrected chi connectivity index (χ0v) is 12.6. The number of carbonyl (C=O) groups excluding carboxylic acids is 3. The first kappa shape index (κ1) is 15.4. The number of nitrogens with one attached hydrogen (secondary N) is 1. The molecule has 1 fully saturated rings. The average Bonchev–Trinajstić information content (AvgIpc) is 3.03. The van der Waals surface area contributed by atoms with E-state index < -0.39 is 11.9 Å². The van der Waals surface area contributed by atoms with Crippen molar-refractivity contribution >= 4 is 34.3 Å². The molecule has 1 aromatic heterocycles. The third kappa shape index (κ3) is 4.52. The molecule has 0 saturated heterocycles. The van der Waals surface area contributed by atoms with Gasteiger partial charge in [-0.05, 0) is 12.3 Å². The van der Waals surface area contributed by atoms with Crippen LogP contribution in [-0.4, -0.2) is 36.5 Å². The monoisotopic (exact) mass is 312 g/mol. The molecule has 0 unspecified atom stereocenters. The highest BCUT2D eigenvalue weighted by Gasteiger charge is 2.40. The summed E-state index contributed by atoms with van der Waals surface area (Å²) in [5, 5.41) is 4.53. The second kappa shape index (κ2) is 6.66. The number of aromatic nitrogens is 1. The highest BCUT2D eigenvalue weighted by atomic mass is 32.1. The van der Waals surface area contributed by atoms with E-state index in [1.165, 1.54) is 18.4 Å². The number of anilines is 1. The molecule has 1 aliphatic carbocycles. The van der Waals surface area contributed by atoms with Gasteiger partial charge >= 0.3 is 11.9 Å². The van der Waals surface area contributed by atoms with Gasteiger partial charge < -0.3 is 9.47 Å². The molecule has 1 aromatic rings. The van der Waals surface area contributed by atoms with Crippen molar-refractivity contribution < 1.29 is 23.9 Å². The number of methoxy groups -OCH3 is 1. The van der Waals surface area contributed by atoms with Crippen molar-refractivity contribution in [2.45, 2.75) is 19.8 Å². The number of ether oxygens (including phenoxy) is 2. The molecule has 1 saturated carbocycles. The van der Waals surface area contributed by atoms with Gasteiger partial charge in [-0.3, -0.25) is 19.7 Å². The molecule has 0 aromatic carbocycles. The zero-order chi connectivity index (χ0) is 15.4. The minimum Gasteiger partial charge on any atom is -0.469 e. The fourth-order valence-corrected chi connectivity index (χ4v) is 2.44. The molecular formula is C13H16N2O5S. The van der Waals surface area contributed by atoms with Crippen LogP contribution in [0.3, 0.4) is 0 Å². The lowest BCUT2D eigenvalue weighted by molar-refractivity contribution is -0.148. The van der Waals surface area contributed by atoms with Gasteiger partial charge in [0.25, 0.3) is 5.91 Å². The smallest absolute Gasteiger partial charge is 0.311 e. The summed E-state index contributed by atoms with van der Waals surface area (Å²) in [5.74, 6) is -0.894. The minimum atomic E-state index is -0.448. The molecular weight excluding hydrogens is 296 g/mol. The summed E-state index contributed by atoms with van der Waals surface area (Å²) in [4.78, 5) is 38.2. The van der Waals surface area contributed by atoms with Crippen LogP contribution in [0.5, 0.6) is 0 Å². The Morgan fingerprint density at radius 2 is 2.19 bits per heavy atom. The standard InChI is InChI=1S/C13H16N2O5S/c1-7-3-9(7)12(18)20-5-10(16)15-13-14-8(6-21-13)4-11(17)19-2/h6-7,9H,3-5H2,1-2H3,(H,14,15,16)/t7-,9+/m1/s1. The van der Waals surface area contributed by atoms with Crippen LogP contribution in [0, 0.1) is 11.8 Å². The molecule has 21 heavy (non-hydrogen) atoms. The van der Waals surface area contributed by atoms with E-state index in [1.54, 1.807) is 5.38 Å². The molecule has 0 radical (unpaired) electrons. The molecule has 1 aliphatic rings. The van der Waals surface area contributed by atoms with E-state index in [-0.39, 0.29) is 24.9 Å². The zero-order valence-electron chi connectivity index (χ0n) is 11.8. The van der Waals surface area contributed by atoms with Gasteiger partial charge in [0, 0.05) is 5.38 Å². The molecule has 7 nitrogen and oxygen atoms in total. The van der Waals surface area contributed by atoms with Gasteiger partial charge in [0.2, 0.25) is 0 Å². The van der Waals surface area contributed by atoms with Gasteiger partial charge in [-0.2, -0.15) is 0 Å². The number of rotatable bonds is 6. The molecule has 2 atom stereocenters. The molecule has 114 valence electrons. The molecule has 0 bridgehead atoms. The van der Waals surface area contributed by atoms with Gasteiger partial charge in [0.1, 0.15) is 0 Å². The Morgan fingerprint density at radius 3 is 2.81 bits per heavy atom. The summed E-state index contributed by atoms with van der Waals surface area (Å²) in [6.07, 6.45) is 0.876. The highest BCUT2D eigenvalue weighted by molar-refractivity contribution is 7.13. The first-order chi connectivity index (χ1) is 9.99. The molecule has 1 amide bonds. The summed E-state index contributed by atoms with van der Waals surface area (Å²) >= 11 is 1.19. The number of carbonyl (C=O) groups is 3. The topological polar surface area (TPSA) is 94.6 Å². The highest BCUT2D eigenvalue weighted by Crippen LogP contribution is 2.38. The molecule has 0 spiro atoms. The van der Waals surface area contributed by atoms with Crippen molar-refractivity contribution in [3.63, 3.8) is 0 Å². The van der Waals surface area contributed by atoms with E-state index in [9.17, 15) is 14.4 Å². The largest absolute Gasteiger partial charge is 0.469 e. The van der Waals surface area contributed by atoms with Crippen LogP contribution in [-0.2, 0) is 30.3 Å². The summed E-state index contributed by atoms with van der Waals surface area (Å²) in [6.45, 7) is 1.64. The predicted octanol–water partition coefficient (Wildman–Crippen LogP) is 0.996. The van der Waals surface area contributed by atoms with Crippen LogP contribution in [0.15, 0.2) is 5.38 Å². The number of hydrogen-bond donors (Lipinski definition) is 1. The number of thiazole rings is 1.